The van der Waals surface area contributed by atoms with Crippen molar-refractivity contribution in [3.05, 3.63) is 0 Å². The number of nitrogens with two attached hydrogens (primary N) is 1. The van der Waals surface area contributed by atoms with E-state index in [0.29, 0.717) is 5.54 Å². The maximum absolute atomic E-state index is 6.35. The van der Waals surface area contributed by atoms with Gasteiger partial charge in [-0.15, -0.1) is 0 Å². The number of rotatable bonds is 3. The van der Waals surface area contributed by atoms with Crippen LogP contribution in [-0.4, -0.2) is 30.1 Å². The lowest BCUT2D eigenvalue weighted by molar-refractivity contribution is 0.0575. The number of nitrogens with zero attached hydrogens (tertiary/aromatic N) is 1. The molecule has 2 N–H and O–H groups in total. The summed E-state index contributed by atoms with van der Waals surface area (Å²) in [6.45, 7) is 0.861. The van der Waals surface area contributed by atoms with Gasteiger partial charge in [0.1, 0.15) is 0 Å². The van der Waals surface area contributed by atoms with Crippen LogP contribution in [-0.2, 0) is 0 Å². The maximum Gasteiger partial charge on any atom is 0.0331 e. The first-order valence-corrected chi connectivity index (χ1v) is 9.71. The Labute approximate surface area is 132 Å². The van der Waals surface area contributed by atoms with Gasteiger partial charge in [0, 0.05) is 18.1 Å². The summed E-state index contributed by atoms with van der Waals surface area (Å²) in [5.74, 6) is 0. The molecule has 0 unspecified atom stereocenters. The van der Waals surface area contributed by atoms with E-state index in [1.54, 1.807) is 0 Å². The number of likely N-dealkylation sites (N-methyl/N-ethyl adjacent to an activating group) is 1. The Balaban J connectivity index is 1.98. The quantitative estimate of drug-likeness (QED) is 0.805. The minimum Gasteiger partial charge on any atom is -0.329 e. The molecule has 0 aromatic carbocycles. The van der Waals surface area contributed by atoms with E-state index < -0.39 is 0 Å². The van der Waals surface area contributed by atoms with Crippen LogP contribution < -0.4 is 5.73 Å². The molecule has 0 spiro atoms. The fourth-order valence-electron chi connectivity index (χ4n) is 4.65. The van der Waals surface area contributed by atoms with Gasteiger partial charge < -0.3 is 5.73 Å². The van der Waals surface area contributed by atoms with Crippen molar-refractivity contribution in [2.75, 3.05) is 13.6 Å². The van der Waals surface area contributed by atoms with E-state index in [2.05, 4.69) is 11.9 Å². The molecule has 0 aromatic rings. The molecule has 0 saturated heterocycles. The topological polar surface area (TPSA) is 29.3 Å². The van der Waals surface area contributed by atoms with Crippen molar-refractivity contribution in [2.45, 2.75) is 108 Å². The highest BCUT2D eigenvalue weighted by Gasteiger charge is 2.36. The van der Waals surface area contributed by atoms with Crippen molar-refractivity contribution in [3.63, 3.8) is 0 Å². The first-order valence-electron chi connectivity index (χ1n) is 9.71. The van der Waals surface area contributed by atoms with Crippen LogP contribution in [0.1, 0.15) is 96.3 Å². The van der Waals surface area contributed by atoms with Crippen molar-refractivity contribution in [1.29, 1.82) is 0 Å². The van der Waals surface area contributed by atoms with Crippen LogP contribution >= 0.6 is 0 Å². The Kier molecular flexibility index (Phi) is 7.53. The summed E-state index contributed by atoms with van der Waals surface area (Å²) >= 11 is 0. The normalized spacial score (nSPS) is 26.4. The van der Waals surface area contributed by atoms with Gasteiger partial charge in [0.25, 0.3) is 0 Å². The van der Waals surface area contributed by atoms with Gasteiger partial charge >= 0.3 is 0 Å². The third-order valence-electron chi connectivity index (χ3n) is 6.28. The lowest BCUT2D eigenvalue weighted by Crippen LogP contribution is -2.55. The highest BCUT2D eigenvalue weighted by Crippen LogP contribution is 2.34. The summed E-state index contributed by atoms with van der Waals surface area (Å²) in [5.41, 5.74) is 6.65. The molecule has 2 heteroatoms. The lowest BCUT2D eigenvalue weighted by atomic mass is 9.83. The van der Waals surface area contributed by atoms with Gasteiger partial charge in [0.2, 0.25) is 0 Å². The van der Waals surface area contributed by atoms with Crippen LogP contribution in [0.25, 0.3) is 0 Å². The van der Waals surface area contributed by atoms with Crippen molar-refractivity contribution in [1.82, 2.24) is 4.90 Å². The monoisotopic (exact) mass is 294 g/mol. The summed E-state index contributed by atoms with van der Waals surface area (Å²) in [6.07, 6.45) is 21.2. The van der Waals surface area contributed by atoms with Crippen LogP contribution in [0.4, 0.5) is 0 Å². The highest BCUT2D eigenvalue weighted by molar-refractivity contribution is 4.94. The van der Waals surface area contributed by atoms with Crippen molar-refractivity contribution < 1.29 is 0 Å². The molecule has 2 fully saturated rings. The van der Waals surface area contributed by atoms with Crippen molar-refractivity contribution >= 4 is 0 Å². The van der Waals surface area contributed by atoms with E-state index in [4.69, 9.17) is 5.73 Å². The molecule has 2 aliphatic rings. The highest BCUT2D eigenvalue weighted by atomic mass is 15.2. The van der Waals surface area contributed by atoms with E-state index in [1.165, 1.54) is 96.3 Å². The first kappa shape index (κ1) is 17.3. The Bertz CT molecular complexity index is 259. The average Bonchev–Trinajstić information content (AvgIpc) is 3.02. The van der Waals surface area contributed by atoms with Gasteiger partial charge in [-0.1, -0.05) is 70.6 Å². The summed E-state index contributed by atoms with van der Waals surface area (Å²) in [4.78, 5) is 2.73. The third-order valence-corrected chi connectivity index (χ3v) is 6.28. The summed E-state index contributed by atoms with van der Waals surface area (Å²) in [7, 11) is 2.38. The van der Waals surface area contributed by atoms with E-state index in [0.717, 1.165) is 12.6 Å². The zero-order chi connectivity index (χ0) is 15.0. The van der Waals surface area contributed by atoms with Crippen LogP contribution in [0.5, 0.6) is 0 Å². The molecule has 0 aliphatic heterocycles. The molecule has 2 rings (SSSR count). The summed E-state index contributed by atoms with van der Waals surface area (Å²) < 4.78 is 0. The van der Waals surface area contributed by atoms with Crippen molar-refractivity contribution in [3.8, 4) is 0 Å². The largest absolute Gasteiger partial charge is 0.329 e. The molecule has 0 amide bonds. The van der Waals surface area contributed by atoms with Crippen LogP contribution in [0.15, 0.2) is 0 Å². The molecule has 2 saturated carbocycles. The van der Waals surface area contributed by atoms with E-state index in [1.807, 2.05) is 0 Å². The van der Waals surface area contributed by atoms with Gasteiger partial charge in [-0.25, -0.2) is 0 Å². The Hall–Kier alpha value is -0.0800. The molecule has 0 heterocycles. The summed E-state index contributed by atoms with van der Waals surface area (Å²) in [5, 5.41) is 0. The summed E-state index contributed by atoms with van der Waals surface area (Å²) in [6, 6.07) is 0.807. The fourth-order valence-corrected chi connectivity index (χ4v) is 4.65. The average molecular weight is 295 g/mol. The SMILES string of the molecule is CN(C1CCCC1)C1(CN)CCCCCCCCCCC1. The van der Waals surface area contributed by atoms with Crippen molar-refractivity contribution in [2.24, 2.45) is 5.73 Å². The zero-order valence-electron chi connectivity index (χ0n) is 14.4. The Morgan fingerprint density at radius 1 is 0.762 bits per heavy atom. The second-order valence-corrected chi connectivity index (χ2v) is 7.66. The molecule has 2 nitrogen and oxygen atoms in total. The first-order chi connectivity index (χ1) is 10.3. The predicted octanol–water partition coefficient (Wildman–Crippen LogP) is 4.86. The molecule has 0 aromatic heterocycles. The van der Waals surface area contributed by atoms with Crippen LogP contribution in [0, 0.1) is 0 Å². The molecular weight excluding hydrogens is 256 g/mol. The van der Waals surface area contributed by atoms with Gasteiger partial charge in [-0.05, 0) is 32.7 Å². The maximum atomic E-state index is 6.35. The molecular formula is C19H38N2. The molecule has 0 radical (unpaired) electrons. The standard InChI is InChI=1S/C19H38N2/c1-21(18-13-9-10-14-18)19(17-20)15-11-7-5-3-2-4-6-8-12-16-19/h18H,2-17,20H2,1H3. The predicted molar refractivity (Wildman–Crippen MR) is 92.6 cm³/mol. The Morgan fingerprint density at radius 2 is 1.19 bits per heavy atom. The zero-order valence-corrected chi connectivity index (χ0v) is 14.4. The molecule has 2 aliphatic carbocycles. The molecule has 124 valence electrons. The van der Waals surface area contributed by atoms with Gasteiger partial charge in [0.05, 0.1) is 0 Å². The van der Waals surface area contributed by atoms with E-state index in [9.17, 15) is 0 Å². The van der Waals surface area contributed by atoms with Gasteiger partial charge in [-0.2, -0.15) is 0 Å². The molecule has 0 bridgehead atoms. The lowest BCUT2D eigenvalue weighted by Gasteiger charge is -2.45. The third kappa shape index (κ3) is 4.96. The fraction of sp³-hybridized carbons (Fsp3) is 1.00. The second kappa shape index (κ2) is 9.15. The minimum absolute atomic E-state index is 0.300. The van der Waals surface area contributed by atoms with Gasteiger partial charge in [0.15, 0.2) is 0 Å². The van der Waals surface area contributed by atoms with E-state index in [-0.39, 0.29) is 0 Å². The second-order valence-electron chi connectivity index (χ2n) is 7.66. The van der Waals surface area contributed by atoms with E-state index >= 15 is 0 Å². The number of hydrogen-bond acceptors (Lipinski definition) is 2. The smallest absolute Gasteiger partial charge is 0.0331 e. The van der Waals surface area contributed by atoms with Crippen LogP contribution in [0.3, 0.4) is 0 Å². The number of hydrogen-bond donors (Lipinski definition) is 1. The minimum atomic E-state index is 0.300. The Morgan fingerprint density at radius 3 is 1.62 bits per heavy atom. The molecule has 0 atom stereocenters. The van der Waals surface area contributed by atoms with Crippen LogP contribution in [0.2, 0.25) is 0 Å². The molecule has 21 heavy (non-hydrogen) atoms. The van der Waals surface area contributed by atoms with Gasteiger partial charge in [-0.3, -0.25) is 4.90 Å².